The first-order valence-corrected chi connectivity index (χ1v) is 9.98. The van der Waals surface area contributed by atoms with Gasteiger partial charge in [-0.3, -0.25) is 4.79 Å². The number of carbonyl (C=O) groups excluding carboxylic acids is 1. The van der Waals surface area contributed by atoms with Gasteiger partial charge in [0.1, 0.15) is 12.4 Å². The quantitative estimate of drug-likeness (QED) is 0.474. The maximum absolute atomic E-state index is 12.7. The topological polar surface area (TPSA) is 56.8 Å². The van der Waals surface area contributed by atoms with Gasteiger partial charge in [0.15, 0.2) is 11.5 Å². The van der Waals surface area contributed by atoms with Crippen LogP contribution in [0.2, 0.25) is 0 Å². The molecular formula is C23H22BrNO4. The minimum absolute atomic E-state index is 0.248. The van der Waals surface area contributed by atoms with Crippen molar-refractivity contribution < 1.29 is 19.0 Å². The third-order valence-corrected chi connectivity index (χ3v) is 4.73. The van der Waals surface area contributed by atoms with Gasteiger partial charge in [-0.2, -0.15) is 0 Å². The molecule has 0 saturated carbocycles. The van der Waals surface area contributed by atoms with Crippen molar-refractivity contribution in [3.63, 3.8) is 0 Å². The molecule has 0 saturated heterocycles. The molecule has 1 amide bonds. The molecule has 6 heteroatoms. The number of carbonyl (C=O) groups is 1. The normalized spacial score (nSPS) is 10.3. The molecule has 0 radical (unpaired) electrons. The van der Waals surface area contributed by atoms with Crippen molar-refractivity contribution in [2.45, 2.75) is 13.5 Å². The predicted molar refractivity (Wildman–Crippen MR) is 117 cm³/mol. The van der Waals surface area contributed by atoms with Crippen molar-refractivity contribution in [3.8, 4) is 17.2 Å². The summed E-state index contributed by atoms with van der Waals surface area (Å²) in [5.41, 5.74) is 2.15. The van der Waals surface area contributed by atoms with Crippen LogP contribution in [-0.2, 0) is 6.61 Å². The summed E-state index contributed by atoms with van der Waals surface area (Å²) in [5, 5.41) is 2.88. The van der Waals surface area contributed by atoms with Crippen LogP contribution in [0.1, 0.15) is 22.8 Å². The fourth-order valence-electron chi connectivity index (χ4n) is 2.74. The first-order valence-electron chi connectivity index (χ1n) is 9.19. The van der Waals surface area contributed by atoms with Crippen molar-refractivity contribution in [2.75, 3.05) is 19.0 Å². The number of nitrogens with one attached hydrogen (secondary N) is 1. The molecule has 0 aliphatic heterocycles. The molecule has 5 nitrogen and oxygen atoms in total. The molecule has 0 fully saturated rings. The van der Waals surface area contributed by atoms with E-state index in [4.69, 9.17) is 14.2 Å². The maximum atomic E-state index is 12.7. The van der Waals surface area contributed by atoms with Crippen LogP contribution in [0.25, 0.3) is 0 Å². The van der Waals surface area contributed by atoms with Crippen LogP contribution in [0.5, 0.6) is 17.2 Å². The number of benzene rings is 3. The predicted octanol–water partition coefficient (Wildman–Crippen LogP) is 5.69. The monoisotopic (exact) mass is 455 g/mol. The Kier molecular flexibility index (Phi) is 7.14. The van der Waals surface area contributed by atoms with Gasteiger partial charge in [0.2, 0.25) is 0 Å². The minimum Gasteiger partial charge on any atom is -0.494 e. The number of hydrogen-bond donors (Lipinski definition) is 1. The van der Waals surface area contributed by atoms with Crippen molar-refractivity contribution in [2.24, 2.45) is 0 Å². The van der Waals surface area contributed by atoms with Gasteiger partial charge in [-0.25, -0.2) is 0 Å². The van der Waals surface area contributed by atoms with E-state index < -0.39 is 0 Å². The third-order valence-electron chi connectivity index (χ3n) is 4.14. The molecule has 0 unspecified atom stereocenters. The number of ether oxygens (including phenoxy) is 3. The van der Waals surface area contributed by atoms with E-state index in [2.05, 4.69) is 21.2 Å². The second-order valence-corrected chi connectivity index (χ2v) is 7.03. The Morgan fingerprint density at radius 3 is 2.38 bits per heavy atom. The molecule has 0 aliphatic carbocycles. The molecular weight excluding hydrogens is 434 g/mol. The highest BCUT2D eigenvalue weighted by atomic mass is 79.9. The lowest BCUT2D eigenvalue weighted by molar-refractivity contribution is 0.102. The van der Waals surface area contributed by atoms with Crippen LogP contribution in [-0.4, -0.2) is 19.6 Å². The number of rotatable bonds is 8. The lowest BCUT2D eigenvalue weighted by Crippen LogP contribution is -2.12. The fourth-order valence-corrected chi connectivity index (χ4v) is 3.35. The van der Waals surface area contributed by atoms with Gasteiger partial charge < -0.3 is 19.5 Å². The van der Waals surface area contributed by atoms with Gasteiger partial charge in [-0.05, 0) is 64.8 Å². The Labute approximate surface area is 178 Å². The zero-order chi connectivity index (χ0) is 20.6. The highest BCUT2D eigenvalue weighted by molar-refractivity contribution is 9.10. The SMILES string of the molecule is CCOc1ccc(NC(=O)c2cc(Br)c(OC)c(OCc3ccccc3)c2)cc1. The van der Waals surface area contributed by atoms with E-state index in [-0.39, 0.29) is 5.91 Å². The molecule has 29 heavy (non-hydrogen) atoms. The van der Waals surface area contributed by atoms with E-state index in [1.807, 2.05) is 49.4 Å². The molecule has 0 heterocycles. The first kappa shape index (κ1) is 20.7. The van der Waals surface area contributed by atoms with Crippen molar-refractivity contribution in [3.05, 3.63) is 82.3 Å². The highest BCUT2D eigenvalue weighted by Gasteiger charge is 2.16. The fraction of sp³-hybridized carbons (Fsp3) is 0.174. The number of halogens is 1. The molecule has 0 atom stereocenters. The third kappa shape index (κ3) is 5.51. The standard InChI is InChI=1S/C23H22BrNO4/c1-3-28-19-11-9-18(10-12-19)25-23(26)17-13-20(24)22(27-2)21(14-17)29-15-16-7-5-4-6-8-16/h4-14H,3,15H2,1-2H3,(H,25,26). The Balaban J connectivity index is 1.77. The Bertz CT molecular complexity index is 959. The van der Waals surface area contributed by atoms with Gasteiger partial charge in [0.05, 0.1) is 18.2 Å². The molecule has 3 rings (SSSR count). The van der Waals surface area contributed by atoms with Gasteiger partial charge >= 0.3 is 0 Å². The van der Waals surface area contributed by atoms with Crippen LogP contribution in [0.15, 0.2) is 71.2 Å². The summed E-state index contributed by atoms with van der Waals surface area (Å²) in [4.78, 5) is 12.7. The van der Waals surface area contributed by atoms with Crippen LogP contribution in [0.3, 0.4) is 0 Å². The largest absolute Gasteiger partial charge is 0.494 e. The molecule has 0 aliphatic rings. The molecule has 3 aromatic carbocycles. The van der Waals surface area contributed by atoms with E-state index in [1.165, 1.54) is 0 Å². The number of anilines is 1. The molecule has 3 aromatic rings. The zero-order valence-electron chi connectivity index (χ0n) is 16.3. The van der Waals surface area contributed by atoms with Crippen LogP contribution in [0, 0.1) is 0 Å². The molecule has 0 aromatic heterocycles. The molecule has 0 spiro atoms. The van der Waals surface area contributed by atoms with Crippen molar-refractivity contribution >= 4 is 27.5 Å². The van der Waals surface area contributed by atoms with Crippen LogP contribution in [0.4, 0.5) is 5.69 Å². The zero-order valence-corrected chi connectivity index (χ0v) is 17.9. The van der Waals surface area contributed by atoms with Gasteiger partial charge in [-0.1, -0.05) is 30.3 Å². The highest BCUT2D eigenvalue weighted by Crippen LogP contribution is 2.37. The molecule has 1 N–H and O–H groups in total. The summed E-state index contributed by atoms with van der Waals surface area (Å²) in [6.07, 6.45) is 0. The second-order valence-electron chi connectivity index (χ2n) is 6.18. The molecule has 150 valence electrons. The number of methoxy groups -OCH3 is 1. The van der Waals surface area contributed by atoms with Gasteiger partial charge in [0, 0.05) is 11.3 Å². The van der Waals surface area contributed by atoms with E-state index in [1.54, 1.807) is 31.4 Å². The lowest BCUT2D eigenvalue weighted by atomic mass is 10.1. The van der Waals surface area contributed by atoms with Crippen LogP contribution < -0.4 is 19.5 Å². The summed E-state index contributed by atoms with van der Waals surface area (Å²) in [6.45, 7) is 2.89. The maximum Gasteiger partial charge on any atom is 0.255 e. The van der Waals surface area contributed by atoms with E-state index >= 15 is 0 Å². The van der Waals surface area contributed by atoms with E-state index in [0.29, 0.717) is 40.4 Å². The van der Waals surface area contributed by atoms with E-state index in [0.717, 1.165) is 11.3 Å². The summed E-state index contributed by atoms with van der Waals surface area (Å²) >= 11 is 3.46. The minimum atomic E-state index is -0.248. The Morgan fingerprint density at radius 1 is 1.00 bits per heavy atom. The Morgan fingerprint density at radius 2 is 1.72 bits per heavy atom. The smallest absolute Gasteiger partial charge is 0.255 e. The number of hydrogen-bond acceptors (Lipinski definition) is 4. The summed E-state index contributed by atoms with van der Waals surface area (Å²) in [6, 6.07) is 20.4. The molecule has 0 bridgehead atoms. The summed E-state index contributed by atoms with van der Waals surface area (Å²) in [5.74, 6) is 1.54. The van der Waals surface area contributed by atoms with E-state index in [9.17, 15) is 4.79 Å². The average molecular weight is 456 g/mol. The van der Waals surface area contributed by atoms with Gasteiger partial charge in [-0.15, -0.1) is 0 Å². The van der Waals surface area contributed by atoms with Gasteiger partial charge in [0.25, 0.3) is 5.91 Å². The van der Waals surface area contributed by atoms with Crippen molar-refractivity contribution in [1.29, 1.82) is 0 Å². The first-order chi connectivity index (χ1) is 14.1. The summed E-state index contributed by atoms with van der Waals surface area (Å²) < 4.78 is 17.4. The second kappa shape index (κ2) is 9.98. The number of amides is 1. The Hall–Kier alpha value is -2.99. The average Bonchev–Trinajstić information content (AvgIpc) is 2.74. The van der Waals surface area contributed by atoms with Crippen molar-refractivity contribution in [1.82, 2.24) is 0 Å². The summed E-state index contributed by atoms with van der Waals surface area (Å²) in [7, 11) is 1.56. The lowest BCUT2D eigenvalue weighted by Gasteiger charge is -2.14. The van der Waals surface area contributed by atoms with Crippen LogP contribution >= 0.6 is 15.9 Å².